The van der Waals surface area contributed by atoms with Gasteiger partial charge in [-0.3, -0.25) is 4.79 Å². The van der Waals surface area contributed by atoms with Gasteiger partial charge < -0.3 is 14.8 Å². The van der Waals surface area contributed by atoms with Crippen molar-refractivity contribution in [1.29, 1.82) is 0 Å². The van der Waals surface area contributed by atoms with Gasteiger partial charge in [0.1, 0.15) is 6.04 Å². The monoisotopic (exact) mass is 436 g/mol. The van der Waals surface area contributed by atoms with Crippen molar-refractivity contribution in [2.75, 3.05) is 0 Å². The molecule has 160 valence electrons. The lowest BCUT2D eigenvalue weighted by Gasteiger charge is -2.40. The van der Waals surface area contributed by atoms with Crippen molar-refractivity contribution in [3.05, 3.63) is 96.1 Å². The van der Waals surface area contributed by atoms with Gasteiger partial charge in [0.15, 0.2) is 12.6 Å². The standard InChI is InChI=1S/C25H25ClN2O3/c1-17(24-30-25(31-24)21-10-6-3-7-11-21)27-23(29)22(28-26)16-18-12-14-20(15-13-18)19-8-4-2-5-9-19/h2-15,17,22,24-25,28H,16H2,1H3,(H,27,29)/t17-,22+,24?,25?/m0/s1. The zero-order valence-electron chi connectivity index (χ0n) is 17.2. The van der Waals surface area contributed by atoms with Crippen molar-refractivity contribution in [3.63, 3.8) is 0 Å². The Hall–Kier alpha value is -2.70. The molecule has 2 atom stereocenters. The summed E-state index contributed by atoms with van der Waals surface area (Å²) in [6.07, 6.45) is -0.415. The highest BCUT2D eigenvalue weighted by atomic mass is 35.5. The van der Waals surface area contributed by atoms with Gasteiger partial charge in [-0.1, -0.05) is 84.9 Å². The Bertz CT molecular complexity index is 977. The number of benzene rings is 3. The average Bonchev–Trinajstić information content (AvgIpc) is 2.78. The lowest BCUT2D eigenvalue weighted by molar-refractivity contribution is -0.396. The minimum atomic E-state index is -0.573. The maximum Gasteiger partial charge on any atom is 0.239 e. The molecule has 3 aromatic carbocycles. The summed E-state index contributed by atoms with van der Waals surface area (Å²) < 4.78 is 11.6. The van der Waals surface area contributed by atoms with E-state index in [4.69, 9.17) is 21.3 Å². The van der Waals surface area contributed by atoms with Crippen LogP contribution in [0.4, 0.5) is 0 Å². The average molecular weight is 437 g/mol. The Morgan fingerprint density at radius 1 is 0.903 bits per heavy atom. The first-order valence-electron chi connectivity index (χ1n) is 10.3. The molecule has 0 radical (unpaired) electrons. The molecule has 0 bridgehead atoms. The molecule has 1 aliphatic heterocycles. The molecule has 1 heterocycles. The Morgan fingerprint density at radius 2 is 1.48 bits per heavy atom. The topological polar surface area (TPSA) is 59.6 Å². The highest BCUT2D eigenvalue weighted by Crippen LogP contribution is 2.33. The lowest BCUT2D eigenvalue weighted by Crippen LogP contribution is -2.54. The molecular formula is C25H25ClN2O3. The van der Waals surface area contributed by atoms with E-state index in [1.807, 2.05) is 67.6 Å². The van der Waals surface area contributed by atoms with Crippen LogP contribution in [0.1, 0.15) is 24.3 Å². The second-order valence-corrected chi connectivity index (χ2v) is 7.83. The molecule has 5 nitrogen and oxygen atoms in total. The van der Waals surface area contributed by atoms with E-state index < -0.39 is 18.6 Å². The number of hydrogen-bond donors (Lipinski definition) is 2. The van der Waals surface area contributed by atoms with Crippen LogP contribution in [0.15, 0.2) is 84.9 Å². The van der Waals surface area contributed by atoms with Gasteiger partial charge in [-0.25, -0.2) is 4.84 Å². The summed E-state index contributed by atoms with van der Waals surface area (Å²) >= 11 is 5.88. The fourth-order valence-electron chi connectivity index (χ4n) is 3.53. The molecule has 6 heteroatoms. The largest absolute Gasteiger partial charge is 0.347 e. The van der Waals surface area contributed by atoms with Gasteiger partial charge in [-0.15, -0.1) is 0 Å². The second-order valence-electron chi connectivity index (χ2n) is 7.61. The van der Waals surface area contributed by atoms with E-state index >= 15 is 0 Å². The number of carbonyl (C=O) groups excluding carboxylic acids is 1. The zero-order valence-corrected chi connectivity index (χ0v) is 18.0. The summed E-state index contributed by atoms with van der Waals surface area (Å²) in [7, 11) is 0. The van der Waals surface area contributed by atoms with Crippen LogP contribution in [0.3, 0.4) is 0 Å². The van der Waals surface area contributed by atoms with Crippen LogP contribution in [0.2, 0.25) is 0 Å². The summed E-state index contributed by atoms with van der Waals surface area (Å²) in [5.41, 5.74) is 4.25. The van der Waals surface area contributed by atoms with Crippen molar-refractivity contribution in [2.45, 2.75) is 38.0 Å². The molecule has 0 aliphatic carbocycles. The number of carbonyl (C=O) groups is 1. The first kappa shape index (κ1) is 21.5. The van der Waals surface area contributed by atoms with Crippen LogP contribution in [-0.4, -0.2) is 24.3 Å². The molecule has 2 N–H and O–H groups in total. The molecule has 1 aliphatic rings. The summed E-state index contributed by atoms with van der Waals surface area (Å²) in [5.74, 6) is -0.204. The molecule has 1 saturated heterocycles. The quantitative estimate of drug-likeness (QED) is 0.507. The number of nitrogens with one attached hydrogen (secondary N) is 2. The van der Waals surface area contributed by atoms with E-state index in [-0.39, 0.29) is 11.9 Å². The van der Waals surface area contributed by atoms with Crippen LogP contribution >= 0.6 is 11.8 Å². The predicted octanol–water partition coefficient (Wildman–Crippen LogP) is 4.58. The normalized spacial score (nSPS) is 19.8. The van der Waals surface area contributed by atoms with Crippen LogP contribution in [0.25, 0.3) is 11.1 Å². The Labute approximate surface area is 187 Å². The van der Waals surface area contributed by atoms with E-state index in [2.05, 4.69) is 34.4 Å². The minimum absolute atomic E-state index is 0.204. The van der Waals surface area contributed by atoms with Gasteiger partial charge in [-0.05, 0) is 41.8 Å². The van der Waals surface area contributed by atoms with Gasteiger partial charge >= 0.3 is 0 Å². The van der Waals surface area contributed by atoms with Gasteiger partial charge in [0.05, 0.1) is 6.04 Å². The lowest BCUT2D eigenvalue weighted by atomic mass is 10.0. The number of halogens is 1. The van der Waals surface area contributed by atoms with E-state index in [0.29, 0.717) is 6.42 Å². The molecular weight excluding hydrogens is 412 g/mol. The third-order valence-corrected chi connectivity index (χ3v) is 5.58. The first-order valence-corrected chi connectivity index (χ1v) is 10.7. The minimum Gasteiger partial charge on any atom is -0.347 e. The van der Waals surface area contributed by atoms with Gasteiger partial charge in [-0.2, -0.15) is 0 Å². The highest BCUT2D eigenvalue weighted by Gasteiger charge is 2.37. The fraction of sp³-hybridized carbons (Fsp3) is 0.240. The molecule has 4 rings (SSSR count). The first-order chi connectivity index (χ1) is 15.1. The molecule has 0 spiro atoms. The maximum atomic E-state index is 12.7. The van der Waals surface area contributed by atoms with Gasteiger partial charge in [0.2, 0.25) is 5.91 Å². The summed E-state index contributed by atoms with van der Waals surface area (Å²) in [6.45, 7) is 1.85. The fourth-order valence-corrected chi connectivity index (χ4v) is 3.71. The van der Waals surface area contributed by atoms with Crippen molar-refractivity contribution >= 4 is 17.7 Å². The van der Waals surface area contributed by atoms with E-state index in [1.165, 1.54) is 0 Å². The van der Waals surface area contributed by atoms with E-state index in [1.54, 1.807) is 0 Å². The third kappa shape index (κ3) is 5.32. The number of rotatable bonds is 8. The predicted molar refractivity (Wildman–Crippen MR) is 121 cm³/mol. The SMILES string of the molecule is C[C@H](NC(=O)[C@@H](Cc1ccc(-c2ccccc2)cc1)NCl)C1OC(c2ccccc2)O1. The second kappa shape index (κ2) is 10.1. The number of amides is 1. The van der Waals surface area contributed by atoms with Gasteiger partial charge in [0.25, 0.3) is 0 Å². The summed E-state index contributed by atoms with van der Waals surface area (Å²) in [6, 6.07) is 27.1. The maximum absolute atomic E-state index is 12.7. The van der Waals surface area contributed by atoms with E-state index in [9.17, 15) is 4.79 Å². The van der Waals surface area contributed by atoms with Crippen molar-refractivity contribution in [3.8, 4) is 11.1 Å². The molecule has 1 amide bonds. The van der Waals surface area contributed by atoms with Crippen LogP contribution in [0, 0.1) is 0 Å². The highest BCUT2D eigenvalue weighted by molar-refractivity contribution is 6.15. The summed E-state index contributed by atoms with van der Waals surface area (Å²) in [4.78, 5) is 15.3. The zero-order chi connectivity index (χ0) is 21.6. The molecule has 0 saturated carbocycles. The van der Waals surface area contributed by atoms with Crippen molar-refractivity contribution in [1.82, 2.24) is 10.2 Å². The van der Waals surface area contributed by atoms with Crippen molar-refractivity contribution < 1.29 is 14.3 Å². The van der Waals surface area contributed by atoms with Crippen LogP contribution in [-0.2, 0) is 20.7 Å². The Kier molecular flexibility index (Phi) is 6.99. The molecule has 3 aromatic rings. The summed E-state index contributed by atoms with van der Waals surface area (Å²) in [5, 5.41) is 2.93. The Balaban J connectivity index is 1.29. The molecule has 0 unspecified atom stereocenters. The number of ether oxygens (including phenoxy) is 2. The van der Waals surface area contributed by atoms with Crippen LogP contribution < -0.4 is 10.2 Å². The molecule has 0 aromatic heterocycles. The molecule has 31 heavy (non-hydrogen) atoms. The van der Waals surface area contributed by atoms with E-state index in [0.717, 1.165) is 22.3 Å². The number of hydrogen-bond acceptors (Lipinski definition) is 4. The smallest absolute Gasteiger partial charge is 0.239 e. The van der Waals surface area contributed by atoms with Crippen molar-refractivity contribution in [2.24, 2.45) is 0 Å². The molecule has 1 fully saturated rings. The van der Waals surface area contributed by atoms with Gasteiger partial charge in [0, 0.05) is 5.56 Å². The third-order valence-electron chi connectivity index (χ3n) is 5.31. The van der Waals surface area contributed by atoms with Crippen LogP contribution in [0.5, 0.6) is 0 Å². The Morgan fingerprint density at radius 3 is 2.10 bits per heavy atom.